The summed E-state index contributed by atoms with van der Waals surface area (Å²) in [5, 5.41) is 4.34. The number of rotatable bonds is 1. The predicted molar refractivity (Wildman–Crippen MR) is 62.2 cm³/mol. The quantitative estimate of drug-likeness (QED) is 0.769. The molecule has 3 nitrogen and oxygen atoms in total. The number of nitrogens with zero attached hydrogens (tertiary/aromatic N) is 2. The molecule has 2 N–H and O–H groups in total. The number of aromatic nitrogens is 2. The summed E-state index contributed by atoms with van der Waals surface area (Å²) < 4.78 is 1.82. The van der Waals surface area contributed by atoms with E-state index < -0.39 is 0 Å². The second kappa shape index (κ2) is 3.42. The highest BCUT2D eigenvalue weighted by atomic mass is 15.3. The van der Waals surface area contributed by atoms with Gasteiger partial charge in [0.25, 0.3) is 0 Å². The Hall–Kier alpha value is -1.77. The lowest BCUT2D eigenvalue weighted by molar-refractivity contribution is 0.861. The molecule has 0 saturated heterocycles. The van der Waals surface area contributed by atoms with Crippen LogP contribution in [0.5, 0.6) is 0 Å². The van der Waals surface area contributed by atoms with Crippen LogP contribution in [-0.2, 0) is 0 Å². The molecule has 1 aromatic heterocycles. The summed E-state index contributed by atoms with van der Waals surface area (Å²) in [5.74, 6) is 0. The van der Waals surface area contributed by atoms with Crippen molar-refractivity contribution in [2.24, 2.45) is 0 Å². The first-order valence-electron chi connectivity index (χ1n) is 4.97. The Morgan fingerprint density at radius 3 is 2.40 bits per heavy atom. The van der Waals surface area contributed by atoms with E-state index in [-0.39, 0.29) is 0 Å². The third kappa shape index (κ3) is 1.73. The summed E-state index contributed by atoms with van der Waals surface area (Å²) >= 11 is 0. The highest BCUT2D eigenvalue weighted by molar-refractivity contribution is 5.45. The maximum absolute atomic E-state index is 5.76. The molecule has 1 heterocycles. The van der Waals surface area contributed by atoms with Crippen LogP contribution in [0.4, 0.5) is 5.69 Å². The van der Waals surface area contributed by atoms with E-state index in [4.69, 9.17) is 5.73 Å². The van der Waals surface area contributed by atoms with Crippen molar-refractivity contribution in [3.8, 4) is 5.69 Å². The fourth-order valence-electron chi connectivity index (χ4n) is 1.47. The van der Waals surface area contributed by atoms with E-state index in [1.807, 2.05) is 23.9 Å². The Morgan fingerprint density at radius 2 is 1.87 bits per heavy atom. The molecule has 0 fully saturated rings. The molecule has 0 unspecified atom stereocenters. The topological polar surface area (TPSA) is 43.8 Å². The number of hydrogen-bond donors (Lipinski definition) is 1. The summed E-state index contributed by atoms with van der Waals surface area (Å²) in [6.07, 6.45) is 1.85. The molecule has 0 aliphatic heterocycles. The average Bonchev–Trinajstić information content (AvgIpc) is 2.52. The first kappa shape index (κ1) is 9.77. The van der Waals surface area contributed by atoms with Gasteiger partial charge in [-0.05, 0) is 44.0 Å². The minimum Gasteiger partial charge on any atom is -0.396 e. The minimum absolute atomic E-state index is 0.730. The molecule has 0 radical (unpaired) electrons. The van der Waals surface area contributed by atoms with Crippen molar-refractivity contribution in [1.82, 2.24) is 9.78 Å². The third-order valence-corrected chi connectivity index (χ3v) is 2.69. The fourth-order valence-corrected chi connectivity index (χ4v) is 1.47. The van der Waals surface area contributed by atoms with E-state index in [1.54, 1.807) is 0 Å². The molecular formula is C12H15N3. The number of hydrogen-bond acceptors (Lipinski definition) is 2. The van der Waals surface area contributed by atoms with Crippen LogP contribution < -0.4 is 5.73 Å². The summed E-state index contributed by atoms with van der Waals surface area (Å²) in [5.41, 5.74) is 11.0. The normalized spacial score (nSPS) is 10.6. The van der Waals surface area contributed by atoms with Crippen molar-refractivity contribution in [3.63, 3.8) is 0 Å². The van der Waals surface area contributed by atoms with Gasteiger partial charge < -0.3 is 5.73 Å². The molecule has 1 aromatic carbocycles. The van der Waals surface area contributed by atoms with Gasteiger partial charge in [-0.15, -0.1) is 0 Å². The molecule has 3 heteroatoms. The summed E-state index contributed by atoms with van der Waals surface area (Å²) in [7, 11) is 0. The first-order valence-corrected chi connectivity index (χ1v) is 4.97. The number of aryl methyl sites for hydroxylation is 3. The van der Waals surface area contributed by atoms with Gasteiger partial charge in [-0.1, -0.05) is 6.07 Å². The zero-order valence-corrected chi connectivity index (χ0v) is 9.28. The fraction of sp³-hybridized carbons (Fsp3) is 0.250. The van der Waals surface area contributed by atoms with Gasteiger partial charge >= 0.3 is 0 Å². The molecule has 0 aliphatic rings. The van der Waals surface area contributed by atoms with Crippen LogP contribution in [0.15, 0.2) is 24.4 Å². The molecule has 0 atom stereocenters. The molecule has 78 valence electrons. The van der Waals surface area contributed by atoms with E-state index in [0.29, 0.717) is 0 Å². The Kier molecular flexibility index (Phi) is 2.23. The second-order valence-electron chi connectivity index (χ2n) is 3.88. The van der Waals surface area contributed by atoms with Gasteiger partial charge in [0.2, 0.25) is 0 Å². The number of nitrogens with two attached hydrogens (primary N) is 1. The highest BCUT2D eigenvalue weighted by Gasteiger charge is 2.03. The van der Waals surface area contributed by atoms with E-state index in [1.165, 1.54) is 11.1 Å². The van der Waals surface area contributed by atoms with Crippen molar-refractivity contribution in [2.45, 2.75) is 20.8 Å². The molecule has 0 spiro atoms. The van der Waals surface area contributed by atoms with Gasteiger partial charge in [-0.2, -0.15) is 5.10 Å². The van der Waals surface area contributed by atoms with Crippen molar-refractivity contribution >= 4 is 5.69 Å². The van der Waals surface area contributed by atoms with E-state index in [2.05, 4.69) is 31.1 Å². The van der Waals surface area contributed by atoms with Gasteiger partial charge in [-0.25, -0.2) is 4.68 Å². The van der Waals surface area contributed by atoms with Crippen LogP contribution in [0.25, 0.3) is 5.69 Å². The van der Waals surface area contributed by atoms with Crippen LogP contribution in [0.3, 0.4) is 0 Å². The predicted octanol–water partition coefficient (Wildman–Crippen LogP) is 2.38. The zero-order valence-electron chi connectivity index (χ0n) is 9.28. The van der Waals surface area contributed by atoms with Gasteiger partial charge in [0.05, 0.1) is 23.3 Å². The molecular weight excluding hydrogens is 186 g/mol. The second-order valence-corrected chi connectivity index (χ2v) is 3.88. The Bertz CT molecular complexity index is 478. The van der Waals surface area contributed by atoms with Gasteiger partial charge in [0, 0.05) is 0 Å². The monoisotopic (exact) mass is 201 g/mol. The average molecular weight is 201 g/mol. The standard InChI is InChI=1S/C12H15N3/c1-8-4-5-11(6-9(8)2)15-7-12(13)10(3)14-15/h4-7H,13H2,1-3H3. The highest BCUT2D eigenvalue weighted by Crippen LogP contribution is 2.16. The maximum Gasteiger partial charge on any atom is 0.0827 e. The zero-order chi connectivity index (χ0) is 11.0. The number of nitrogen functional groups attached to an aromatic ring is 1. The Labute approximate surface area is 89.5 Å². The minimum atomic E-state index is 0.730. The largest absolute Gasteiger partial charge is 0.396 e. The van der Waals surface area contributed by atoms with Gasteiger partial charge in [0.15, 0.2) is 0 Å². The van der Waals surface area contributed by atoms with Crippen molar-refractivity contribution in [2.75, 3.05) is 5.73 Å². The van der Waals surface area contributed by atoms with Gasteiger partial charge in [-0.3, -0.25) is 0 Å². The van der Waals surface area contributed by atoms with Crippen molar-refractivity contribution < 1.29 is 0 Å². The van der Waals surface area contributed by atoms with E-state index in [9.17, 15) is 0 Å². The molecule has 2 aromatic rings. The summed E-state index contributed by atoms with van der Waals surface area (Å²) in [6.45, 7) is 6.10. The molecule has 0 amide bonds. The van der Waals surface area contributed by atoms with Crippen LogP contribution in [0, 0.1) is 20.8 Å². The van der Waals surface area contributed by atoms with Crippen LogP contribution in [0.1, 0.15) is 16.8 Å². The number of anilines is 1. The third-order valence-electron chi connectivity index (χ3n) is 2.69. The molecule has 0 aliphatic carbocycles. The Balaban J connectivity index is 2.49. The van der Waals surface area contributed by atoms with Crippen LogP contribution in [0.2, 0.25) is 0 Å². The van der Waals surface area contributed by atoms with Crippen molar-refractivity contribution in [3.05, 3.63) is 41.2 Å². The molecule has 0 bridgehead atoms. The summed E-state index contributed by atoms with van der Waals surface area (Å²) in [4.78, 5) is 0. The number of benzene rings is 1. The Morgan fingerprint density at radius 1 is 1.13 bits per heavy atom. The smallest absolute Gasteiger partial charge is 0.0827 e. The lowest BCUT2D eigenvalue weighted by Crippen LogP contribution is -1.96. The lowest BCUT2D eigenvalue weighted by atomic mass is 10.1. The molecule has 15 heavy (non-hydrogen) atoms. The maximum atomic E-state index is 5.76. The molecule has 0 saturated carbocycles. The van der Waals surface area contributed by atoms with E-state index in [0.717, 1.165) is 17.1 Å². The lowest BCUT2D eigenvalue weighted by Gasteiger charge is -2.04. The van der Waals surface area contributed by atoms with E-state index >= 15 is 0 Å². The summed E-state index contributed by atoms with van der Waals surface area (Å²) in [6, 6.07) is 6.26. The molecule has 2 rings (SSSR count). The van der Waals surface area contributed by atoms with Crippen molar-refractivity contribution in [1.29, 1.82) is 0 Å². The SMILES string of the molecule is Cc1ccc(-n2cc(N)c(C)n2)cc1C. The van der Waals surface area contributed by atoms with Gasteiger partial charge in [0.1, 0.15) is 0 Å². The van der Waals surface area contributed by atoms with Crippen LogP contribution >= 0.6 is 0 Å². The van der Waals surface area contributed by atoms with Crippen LogP contribution in [-0.4, -0.2) is 9.78 Å². The first-order chi connectivity index (χ1) is 7.08.